The van der Waals surface area contributed by atoms with E-state index in [0.29, 0.717) is 29.9 Å². The highest BCUT2D eigenvalue weighted by Crippen LogP contribution is 2.30. The number of fused-ring (bicyclic) bond motifs is 1. The molecule has 0 aliphatic carbocycles. The van der Waals surface area contributed by atoms with E-state index in [9.17, 15) is 18.0 Å². The molecule has 0 bridgehead atoms. The Balaban J connectivity index is 1.74. The van der Waals surface area contributed by atoms with Crippen molar-refractivity contribution >= 4 is 22.8 Å². The number of hydrogen-bond acceptors (Lipinski definition) is 5. The number of nitrogens with zero attached hydrogens (tertiary/aromatic N) is 6. The Bertz CT molecular complexity index is 1360. The number of halogens is 4. The third kappa shape index (κ3) is 4.51. The van der Waals surface area contributed by atoms with Gasteiger partial charge in [-0.3, -0.25) is 18.6 Å². The second-order valence-electron chi connectivity index (χ2n) is 7.42. The molecule has 4 rings (SSSR count). The first-order valence-electron chi connectivity index (χ1n) is 10.1. The molecule has 4 aromatic rings. The maximum absolute atomic E-state index is 13.0. The smallest absolute Gasteiger partial charge is 0.364 e. The van der Waals surface area contributed by atoms with E-state index in [1.54, 1.807) is 16.8 Å². The van der Waals surface area contributed by atoms with Gasteiger partial charge in [-0.15, -0.1) is 0 Å². The van der Waals surface area contributed by atoms with Gasteiger partial charge in [-0.1, -0.05) is 19.1 Å². The van der Waals surface area contributed by atoms with Crippen molar-refractivity contribution in [2.75, 3.05) is 7.11 Å². The summed E-state index contributed by atoms with van der Waals surface area (Å²) in [5.74, 6) is 0.386. The highest BCUT2D eigenvalue weighted by atomic mass is 35.5. The average Bonchev–Trinajstić information content (AvgIpc) is 3.35. The van der Waals surface area contributed by atoms with Crippen molar-refractivity contribution in [3.8, 4) is 11.4 Å². The summed E-state index contributed by atoms with van der Waals surface area (Å²) < 4.78 is 48.7. The van der Waals surface area contributed by atoms with Gasteiger partial charge >= 0.3 is 6.18 Å². The second-order valence-corrected chi connectivity index (χ2v) is 7.75. The molecule has 174 valence electrons. The predicted octanol–water partition coefficient (Wildman–Crippen LogP) is 4.19. The van der Waals surface area contributed by atoms with Crippen molar-refractivity contribution in [2.24, 2.45) is 0 Å². The molecule has 12 heteroatoms. The van der Waals surface area contributed by atoms with Crippen LogP contribution in [0, 0.1) is 0 Å². The Morgan fingerprint density at radius 3 is 2.67 bits per heavy atom. The van der Waals surface area contributed by atoms with Crippen LogP contribution in [-0.2, 0) is 30.7 Å². The quantitative estimate of drug-likeness (QED) is 0.370. The lowest BCUT2D eigenvalue weighted by molar-refractivity contribution is -0.137. The fraction of sp³-hybridized carbons (Fsp3) is 0.333. The summed E-state index contributed by atoms with van der Waals surface area (Å²) in [5.41, 5.74) is 0.361. The Morgan fingerprint density at radius 2 is 1.97 bits per heavy atom. The third-order valence-corrected chi connectivity index (χ3v) is 5.30. The van der Waals surface area contributed by atoms with Gasteiger partial charge in [0, 0.05) is 19.9 Å². The topological polar surface area (TPSA) is 79.8 Å². The molecule has 0 fully saturated rings. The lowest BCUT2D eigenvalue weighted by Crippen LogP contribution is -2.24. The van der Waals surface area contributed by atoms with Gasteiger partial charge in [-0.25, -0.2) is 4.98 Å². The Kier molecular flexibility index (Phi) is 6.26. The molecule has 0 amide bonds. The summed E-state index contributed by atoms with van der Waals surface area (Å²) in [6.45, 7) is 2.49. The van der Waals surface area contributed by atoms with Crippen LogP contribution in [0.25, 0.3) is 22.6 Å². The van der Waals surface area contributed by atoms with Crippen molar-refractivity contribution in [2.45, 2.75) is 39.3 Å². The molecule has 0 saturated carbocycles. The number of rotatable bonds is 7. The fourth-order valence-electron chi connectivity index (χ4n) is 3.58. The number of methoxy groups -OCH3 is 1. The van der Waals surface area contributed by atoms with Crippen molar-refractivity contribution in [3.63, 3.8) is 0 Å². The normalized spacial score (nSPS) is 12.1. The number of ether oxygens (including phenoxy) is 1. The van der Waals surface area contributed by atoms with E-state index in [1.807, 2.05) is 6.92 Å². The molecule has 33 heavy (non-hydrogen) atoms. The molecule has 3 aromatic heterocycles. The van der Waals surface area contributed by atoms with Crippen LogP contribution in [0.1, 0.15) is 24.5 Å². The van der Waals surface area contributed by atoms with Crippen molar-refractivity contribution in [1.29, 1.82) is 0 Å². The minimum Gasteiger partial charge on any atom is -0.364 e. The van der Waals surface area contributed by atoms with Gasteiger partial charge in [0.15, 0.2) is 11.2 Å². The zero-order valence-corrected chi connectivity index (χ0v) is 18.6. The van der Waals surface area contributed by atoms with Crippen molar-refractivity contribution < 1.29 is 17.9 Å². The standard InChI is InChI=1S/C21H20ClF3N6O2/c1-3-7-30-19(32)16-17(28-20(30)22)27-18(31(16)12-33-2)14-9-26-29(11-14)10-13-5-4-6-15(8-13)21(23,24)25/h4-6,8-9,11H,3,7,10,12H2,1-2H3. The van der Waals surface area contributed by atoms with E-state index in [4.69, 9.17) is 16.3 Å². The maximum Gasteiger partial charge on any atom is 0.416 e. The molecule has 0 unspecified atom stereocenters. The van der Waals surface area contributed by atoms with Gasteiger partial charge in [-0.05, 0) is 35.7 Å². The Morgan fingerprint density at radius 1 is 1.18 bits per heavy atom. The Hall–Kier alpha value is -3.18. The van der Waals surface area contributed by atoms with Crippen LogP contribution in [0.15, 0.2) is 41.5 Å². The monoisotopic (exact) mass is 480 g/mol. The van der Waals surface area contributed by atoms with E-state index in [0.717, 1.165) is 12.1 Å². The van der Waals surface area contributed by atoms with E-state index in [-0.39, 0.29) is 35.3 Å². The average molecular weight is 481 g/mol. The molecule has 0 aliphatic heterocycles. The second kappa shape index (κ2) is 8.99. The Labute approximate surface area is 191 Å². The van der Waals surface area contributed by atoms with Crippen molar-refractivity contribution in [3.05, 3.63) is 63.4 Å². The first-order valence-corrected chi connectivity index (χ1v) is 10.4. The molecule has 3 heterocycles. The lowest BCUT2D eigenvalue weighted by atomic mass is 10.1. The van der Waals surface area contributed by atoms with Gasteiger partial charge in [0.1, 0.15) is 12.6 Å². The van der Waals surface area contributed by atoms with Gasteiger partial charge in [-0.2, -0.15) is 23.3 Å². The molecule has 0 radical (unpaired) electrons. The van der Waals surface area contributed by atoms with Crippen LogP contribution < -0.4 is 5.56 Å². The molecule has 1 aromatic carbocycles. The molecule has 0 aliphatic rings. The highest BCUT2D eigenvalue weighted by Gasteiger charge is 2.30. The highest BCUT2D eigenvalue weighted by molar-refractivity contribution is 6.28. The van der Waals surface area contributed by atoms with Crippen LogP contribution >= 0.6 is 11.6 Å². The van der Waals surface area contributed by atoms with Crippen LogP contribution in [0.3, 0.4) is 0 Å². The van der Waals surface area contributed by atoms with Crippen LogP contribution in [0.2, 0.25) is 5.28 Å². The summed E-state index contributed by atoms with van der Waals surface area (Å²) in [6, 6.07) is 5.06. The molecule has 0 saturated heterocycles. The first kappa shape index (κ1) is 23.0. The first-order chi connectivity index (χ1) is 15.7. The fourth-order valence-corrected chi connectivity index (χ4v) is 3.82. The van der Waals surface area contributed by atoms with Gasteiger partial charge in [0.2, 0.25) is 5.28 Å². The lowest BCUT2D eigenvalue weighted by Gasteiger charge is -2.09. The largest absolute Gasteiger partial charge is 0.416 e. The summed E-state index contributed by atoms with van der Waals surface area (Å²) in [7, 11) is 1.49. The number of aromatic nitrogens is 6. The van der Waals surface area contributed by atoms with E-state index < -0.39 is 11.7 Å². The molecular formula is C21H20ClF3N6O2. The predicted molar refractivity (Wildman–Crippen MR) is 116 cm³/mol. The third-order valence-electron chi connectivity index (χ3n) is 5.01. The number of alkyl halides is 3. The van der Waals surface area contributed by atoms with Crippen molar-refractivity contribution in [1.82, 2.24) is 28.9 Å². The van der Waals surface area contributed by atoms with E-state index in [1.165, 1.54) is 28.6 Å². The molecule has 0 N–H and O–H groups in total. The van der Waals surface area contributed by atoms with E-state index >= 15 is 0 Å². The molecule has 8 nitrogen and oxygen atoms in total. The van der Waals surface area contributed by atoms with Gasteiger partial charge < -0.3 is 4.74 Å². The number of imidazole rings is 1. The summed E-state index contributed by atoms with van der Waals surface area (Å²) in [4.78, 5) is 21.8. The summed E-state index contributed by atoms with van der Waals surface area (Å²) >= 11 is 6.19. The zero-order chi connectivity index (χ0) is 23.8. The minimum absolute atomic E-state index is 0.0370. The number of benzene rings is 1. The van der Waals surface area contributed by atoms with Gasteiger partial charge in [0.25, 0.3) is 5.56 Å². The molecule has 0 atom stereocenters. The summed E-state index contributed by atoms with van der Waals surface area (Å²) in [5, 5.41) is 4.29. The van der Waals surface area contributed by atoms with Crippen LogP contribution in [0.5, 0.6) is 0 Å². The van der Waals surface area contributed by atoms with Crippen LogP contribution in [0.4, 0.5) is 13.2 Å². The zero-order valence-electron chi connectivity index (χ0n) is 17.8. The van der Waals surface area contributed by atoms with Gasteiger partial charge in [0.05, 0.1) is 23.9 Å². The number of hydrogen-bond donors (Lipinski definition) is 0. The maximum atomic E-state index is 13.0. The van der Waals surface area contributed by atoms with Crippen LogP contribution in [-0.4, -0.2) is 36.0 Å². The molecular weight excluding hydrogens is 461 g/mol. The summed E-state index contributed by atoms with van der Waals surface area (Å²) in [6.07, 6.45) is -0.567. The molecule has 0 spiro atoms. The SMILES string of the molecule is CCCn1c(Cl)nc2nc(-c3cnn(Cc4cccc(C(F)(F)F)c4)c3)n(COC)c2c1=O. The minimum atomic E-state index is -4.42. The van der Waals surface area contributed by atoms with E-state index in [2.05, 4.69) is 15.1 Å².